The smallest absolute Gasteiger partial charge is 0.0277 e. The van der Waals surface area contributed by atoms with Crippen LogP contribution in [0.1, 0.15) is 60.0 Å². The molecule has 0 saturated carbocycles. The van der Waals surface area contributed by atoms with Crippen LogP contribution in [0.15, 0.2) is 53.6 Å². The highest BCUT2D eigenvalue weighted by molar-refractivity contribution is 5.79. The number of benzene rings is 1. The molecule has 0 saturated heterocycles. The van der Waals surface area contributed by atoms with Crippen LogP contribution in [0.2, 0.25) is 0 Å². The zero-order valence-corrected chi connectivity index (χ0v) is 15.6. The predicted molar refractivity (Wildman–Crippen MR) is 108 cm³/mol. The third kappa shape index (κ3) is 6.81. The Labute approximate surface area is 144 Å². The zero-order chi connectivity index (χ0) is 17.5. The second kappa shape index (κ2) is 8.67. The van der Waals surface area contributed by atoms with Gasteiger partial charge in [-0.3, -0.25) is 4.99 Å². The minimum absolute atomic E-state index is 0. The number of rotatable bonds is 6. The van der Waals surface area contributed by atoms with Gasteiger partial charge in [0.15, 0.2) is 0 Å². The van der Waals surface area contributed by atoms with Gasteiger partial charge in [-0.05, 0) is 60.0 Å². The highest BCUT2D eigenvalue weighted by atomic mass is 14.6. The van der Waals surface area contributed by atoms with Gasteiger partial charge in [-0.15, -0.1) is 0 Å². The van der Waals surface area contributed by atoms with Gasteiger partial charge >= 0.3 is 0 Å². The van der Waals surface area contributed by atoms with Crippen molar-refractivity contribution in [1.29, 1.82) is 0 Å². The van der Waals surface area contributed by atoms with Crippen molar-refractivity contribution < 1.29 is 1.43 Å². The van der Waals surface area contributed by atoms with Crippen LogP contribution < -0.4 is 0 Å². The molecule has 0 atom stereocenters. The summed E-state index contributed by atoms with van der Waals surface area (Å²) < 4.78 is 0. The van der Waals surface area contributed by atoms with E-state index in [1.54, 1.807) is 0 Å². The van der Waals surface area contributed by atoms with Gasteiger partial charge in [0.25, 0.3) is 0 Å². The molecule has 1 rings (SSSR count). The number of aliphatic imine (C=N–C) groups is 1. The number of hydrogen-bond donors (Lipinski definition) is 0. The Morgan fingerprint density at radius 2 is 1.70 bits per heavy atom. The molecule has 1 nitrogen and oxygen atoms in total. The molecule has 0 aliphatic rings. The van der Waals surface area contributed by atoms with Crippen LogP contribution in [-0.4, -0.2) is 13.3 Å². The molecule has 0 unspecified atom stereocenters. The fourth-order valence-corrected chi connectivity index (χ4v) is 2.59. The monoisotopic (exact) mass is 311 g/mol. The normalized spacial score (nSPS) is 13.7. The second-order valence-electron chi connectivity index (χ2n) is 7.13. The molecule has 0 N–H and O–H groups in total. The van der Waals surface area contributed by atoms with Crippen molar-refractivity contribution in [2.45, 2.75) is 47.5 Å². The van der Waals surface area contributed by atoms with Crippen molar-refractivity contribution in [2.24, 2.45) is 10.4 Å². The molecule has 0 aliphatic heterocycles. The summed E-state index contributed by atoms with van der Waals surface area (Å²) in [5, 5.41) is 0. The molecule has 23 heavy (non-hydrogen) atoms. The van der Waals surface area contributed by atoms with Crippen LogP contribution in [0.25, 0.3) is 11.1 Å². The summed E-state index contributed by atoms with van der Waals surface area (Å²) in [6.45, 7) is 15.2. The molecule has 0 aliphatic carbocycles. The first-order valence-corrected chi connectivity index (χ1v) is 8.32. The van der Waals surface area contributed by atoms with Gasteiger partial charge in [0, 0.05) is 14.7 Å². The topological polar surface area (TPSA) is 12.4 Å². The molecule has 1 aromatic carbocycles. The second-order valence-corrected chi connectivity index (χ2v) is 7.13. The largest absolute Gasteiger partial charge is 0.296 e. The maximum absolute atomic E-state index is 4.24. The maximum Gasteiger partial charge on any atom is 0.0277 e. The van der Waals surface area contributed by atoms with Crippen LogP contribution in [-0.2, 0) is 0 Å². The first kappa shape index (κ1) is 19.2. The van der Waals surface area contributed by atoms with Crippen LogP contribution in [0.4, 0.5) is 0 Å². The van der Waals surface area contributed by atoms with E-state index >= 15 is 0 Å². The van der Waals surface area contributed by atoms with Crippen molar-refractivity contribution in [1.82, 2.24) is 0 Å². The first-order chi connectivity index (χ1) is 10.8. The molecule has 0 fully saturated rings. The Balaban J connectivity index is 0.00000529. The van der Waals surface area contributed by atoms with Crippen molar-refractivity contribution in [2.75, 3.05) is 7.05 Å². The Bertz CT molecular complexity index is 610. The quantitative estimate of drug-likeness (QED) is 0.511. The average Bonchev–Trinajstić information content (AvgIpc) is 2.49. The number of allylic oxidation sites excluding steroid dienone is 5. The highest BCUT2D eigenvalue weighted by Gasteiger charge is 2.08. The Kier molecular flexibility index (Phi) is 7.22. The van der Waals surface area contributed by atoms with Gasteiger partial charge in [-0.25, -0.2) is 0 Å². The summed E-state index contributed by atoms with van der Waals surface area (Å²) in [7, 11) is 1.81. The van der Waals surface area contributed by atoms with Crippen molar-refractivity contribution >= 4 is 17.4 Å². The van der Waals surface area contributed by atoms with E-state index in [9.17, 15) is 0 Å². The van der Waals surface area contributed by atoms with Crippen molar-refractivity contribution in [3.63, 3.8) is 0 Å². The van der Waals surface area contributed by atoms with E-state index in [1.807, 2.05) is 13.3 Å². The molecule has 0 aromatic heterocycles. The molecule has 1 heteroatoms. The lowest BCUT2D eigenvalue weighted by molar-refractivity contribution is 0.545. The number of hydrogen-bond acceptors (Lipinski definition) is 1. The summed E-state index contributed by atoms with van der Waals surface area (Å²) in [4.78, 5) is 4.09. The van der Waals surface area contributed by atoms with E-state index in [-0.39, 0.29) is 6.84 Å². The molecule has 0 bridgehead atoms. The third-order valence-corrected chi connectivity index (χ3v) is 3.78. The Hall–Kier alpha value is -1.89. The molecule has 126 valence electrons. The summed E-state index contributed by atoms with van der Waals surface area (Å²) in [6, 6.07) is 8.76. The fourth-order valence-electron chi connectivity index (χ4n) is 2.59. The van der Waals surface area contributed by atoms with E-state index < -0.39 is 0 Å². The first-order valence-electron chi connectivity index (χ1n) is 8.32. The SMILES string of the molecule is C=C(CC/C(C=NC)=C/C)c1ccc(/C(C)=C/C(C)(C)C)cc1.[HH]. The van der Waals surface area contributed by atoms with Crippen LogP contribution in [0, 0.1) is 5.41 Å². The highest BCUT2D eigenvalue weighted by Crippen LogP contribution is 2.26. The van der Waals surface area contributed by atoms with Gasteiger partial charge in [-0.2, -0.15) is 0 Å². The lowest BCUT2D eigenvalue weighted by atomic mass is 9.91. The van der Waals surface area contributed by atoms with Crippen LogP contribution in [0.3, 0.4) is 0 Å². The van der Waals surface area contributed by atoms with Crippen LogP contribution in [0.5, 0.6) is 0 Å². The summed E-state index contributed by atoms with van der Waals surface area (Å²) in [5.74, 6) is 0. The Morgan fingerprint density at radius 1 is 1.13 bits per heavy atom. The lowest BCUT2D eigenvalue weighted by Gasteiger charge is -2.15. The van der Waals surface area contributed by atoms with Gasteiger partial charge < -0.3 is 0 Å². The van der Waals surface area contributed by atoms with E-state index in [0.717, 1.165) is 12.8 Å². The van der Waals surface area contributed by atoms with Crippen molar-refractivity contribution in [3.8, 4) is 0 Å². The minimum atomic E-state index is 0. The Morgan fingerprint density at radius 3 is 2.17 bits per heavy atom. The molecule has 0 amide bonds. The van der Waals surface area contributed by atoms with Crippen molar-refractivity contribution in [3.05, 3.63) is 59.7 Å². The molecule has 1 aromatic rings. The third-order valence-electron chi connectivity index (χ3n) is 3.78. The van der Waals surface area contributed by atoms with E-state index in [4.69, 9.17) is 0 Å². The van der Waals surface area contributed by atoms with Gasteiger partial charge in [0.05, 0.1) is 0 Å². The standard InChI is InChI=1S/C22H31N.H2/c1-8-19(16-23-7)10-9-17(2)20-11-13-21(14-12-20)18(3)15-22(4,5)6;/h8,11-16H,2,9-10H2,1,3-7H3;1H/b18-15+,19-8-,23-16?;. The zero-order valence-electron chi connectivity index (χ0n) is 15.6. The maximum atomic E-state index is 4.24. The van der Waals surface area contributed by atoms with E-state index in [0.29, 0.717) is 0 Å². The summed E-state index contributed by atoms with van der Waals surface area (Å²) in [5.41, 5.74) is 6.47. The molecule has 0 heterocycles. The van der Waals surface area contributed by atoms with Gasteiger partial charge in [0.1, 0.15) is 0 Å². The van der Waals surface area contributed by atoms with E-state index in [2.05, 4.69) is 82.6 Å². The molecule has 0 radical (unpaired) electrons. The van der Waals surface area contributed by atoms with E-state index in [1.165, 1.54) is 27.8 Å². The average molecular weight is 312 g/mol. The lowest BCUT2D eigenvalue weighted by Crippen LogP contribution is -2.00. The molecule has 0 spiro atoms. The number of nitrogens with zero attached hydrogens (tertiary/aromatic N) is 1. The molecular formula is C22H33N. The predicted octanol–water partition coefficient (Wildman–Crippen LogP) is 6.82. The summed E-state index contributed by atoms with van der Waals surface area (Å²) in [6.07, 6.45) is 8.31. The van der Waals surface area contributed by atoms with Gasteiger partial charge in [-0.1, -0.05) is 63.8 Å². The van der Waals surface area contributed by atoms with Crippen LogP contribution >= 0.6 is 0 Å². The fraction of sp³-hybridized carbons (Fsp3) is 0.409. The molecular weight excluding hydrogens is 278 g/mol. The summed E-state index contributed by atoms with van der Waals surface area (Å²) >= 11 is 0. The van der Waals surface area contributed by atoms with Gasteiger partial charge in [0.2, 0.25) is 0 Å². The minimum Gasteiger partial charge on any atom is -0.296 e.